The van der Waals surface area contributed by atoms with Crippen LogP contribution in [0.1, 0.15) is 6.92 Å². The minimum Gasteiger partial charge on any atom is -0.547 e. The summed E-state index contributed by atoms with van der Waals surface area (Å²) in [6.45, 7) is 0.299. The molecule has 1 amide bonds. The number of nitro groups is 1. The Balaban J connectivity index is 0.00000481. The molecule has 200 valence electrons. The number of hydrogen-bond donors (Lipinski definition) is 6. The van der Waals surface area contributed by atoms with Gasteiger partial charge in [0.1, 0.15) is 54.5 Å². The quantitative estimate of drug-likeness (QED) is 0.102. The smallest absolute Gasteiger partial charge is 0.547 e. The van der Waals surface area contributed by atoms with Gasteiger partial charge in [0, 0.05) is 19.1 Å². The number of ether oxygens (including phenoxy) is 4. The monoisotopic (exact) mass is 540 g/mol. The molecule has 17 heteroatoms. The van der Waals surface area contributed by atoms with Gasteiger partial charge in [-0.05, 0) is 12.1 Å². The van der Waals surface area contributed by atoms with E-state index in [4.69, 9.17) is 18.9 Å². The van der Waals surface area contributed by atoms with E-state index in [1.54, 1.807) is 0 Å². The van der Waals surface area contributed by atoms with Crippen LogP contribution in [0.2, 0.25) is 0 Å². The maximum atomic E-state index is 11.8. The van der Waals surface area contributed by atoms with Gasteiger partial charge >= 0.3 is 29.6 Å². The van der Waals surface area contributed by atoms with Crippen molar-refractivity contribution in [3.05, 3.63) is 34.4 Å². The van der Waals surface area contributed by atoms with Gasteiger partial charge in [0.05, 0.1) is 17.5 Å². The molecule has 0 radical (unpaired) electrons. The average Bonchev–Trinajstić information content (AvgIpc) is 2.82. The number of non-ortho nitro benzene ring substituents is 1. The first-order valence-electron chi connectivity index (χ1n) is 10.6. The number of carbonyl (C=O) groups is 2. The summed E-state index contributed by atoms with van der Waals surface area (Å²) in [6.07, 6.45) is -16.2. The molecule has 2 fully saturated rings. The minimum atomic E-state index is -2.08. The largest absolute Gasteiger partial charge is 1.00 e. The van der Waals surface area contributed by atoms with Gasteiger partial charge in [-0.2, -0.15) is 0 Å². The molecule has 1 aromatic carbocycles. The van der Waals surface area contributed by atoms with Crippen LogP contribution in [0.25, 0.3) is 0 Å². The van der Waals surface area contributed by atoms with E-state index in [-0.39, 0.29) is 41.0 Å². The number of hydrogen-bond acceptors (Lipinski definition) is 14. The molecule has 10 atom stereocenters. The van der Waals surface area contributed by atoms with Crippen LogP contribution in [0.4, 0.5) is 5.69 Å². The van der Waals surface area contributed by atoms with Crippen molar-refractivity contribution in [3.63, 3.8) is 0 Å². The molecule has 1 aromatic rings. The van der Waals surface area contributed by atoms with Gasteiger partial charge in [-0.3, -0.25) is 14.9 Å². The fourth-order valence-electron chi connectivity index (χ4n) is 3.80. The van der Waals surface area contributed by atoms with E-state index in [1.807, 2.05) is 0 Å². The van der Waals surface area contributed by atoms with Crippen molar-refractivity contribution >= 4 is 17.6 Å². The number of benzene rings is 1. The number of aliphatic hydroxyl groups excluding tert-OH is 5. The van der Waals surface area contributed by atoms with Crippen LogP contribution in [-0.2, 0) is 23.8 Å². The van der Waals surface area contributed by atoms with Crippen molar-refractivity contribution in [2.75, 3.05) is 6.61 Å². The number of nitrogens with one attached hydrogen (secondary N) is 1. The zero-order chi connectivity index (χ0) is 26.7. The second-order valence-electron chi connectivity index (χ2n) is 8.13. The molecule has 2 heterocycles. The predicted octanol–water partition coefficient (Wildman–Crippen LogP) is -7.50. The topological polar surface area (TPSA) is 250 Å². The molecule has 2 saturated heterocycles. The number of carboxylic acid groups (broad SMARTS) is 1. The summed E-state index contributed by atoms with van der Waals surface area (Å²) in [6, 6.07) is 3.02. The summed E-state index contributed by atoms with van der Waals surface area (Å²) in [5, 5.41) is 75.9. The number of aliphatic carboxylic acids is 1. The predicted molar refractivity (Wildman–Crippen MR) is 110 cm³/mol. The first-order chi connectivity index (χ1) is 16.9. The summed E-state index contributed by atoms with van der Waals surface area (Å²) in [5.41, 5.74) is -0.261. The molecule has 0 aromatic heterocycles. The minimum absolute atomic E-state index is 0. The van der Waals surface area contributed by atoms with Crippen LogP contribution in [-0.4, -0.2) is 110 Å². The van der Waals surface area contributed by atoms with E-state index in [0.717, 1.165) is 31.2 Å². The van der Waals surface area contributed by atoms with Crippen LogP contribution in [0.15, 0.2) is 24.3 Å². The van der Waals surface area contributed by atoms with Gasteiger partial charge in [-0.25, -0.2) is 0 Å². The molecule has 2 aliphatic heterocycles. The summed E-state index contributed by atoms with van der Waals surface area (Å²) in [7, 11) is 0. The number of carboxylic acids is 1. The van der Waals surface area contributed by atoms with Crippen molar-refractivity contribution in [2.45, 2.75) is 68.3 Å². The van der Waals surface area contributed by atoms with Gasteiger partial charge < -0.3 is 59.7 Å². The molecular formula is C20H25N2NaO14. The Labute approximate surface area is 231 Å². The summed E-state index contributed by atoms with van der Waals surface area (Å²) >= 11 is 0. The Morgan fingerprint density at radius 1 is 1.03 bits per heavy atom. The molecule has 3 rings (SSSR count). The van der Waals surface area contributed by atoms with Crippen molar-refractivity contribution in [2.24, 2.45) is 0 Å². The first kappa shape index (κ1) is 31.3. The molecule has 6 N–H and O–H groups in total. The van der Waals surface area contributed by atoms with E-state index in [2.05, 4.69) is 5.32 Å². The zero-order valence-corrected chi connectivity index (χ0v) is 21.6. The van der Waals surface area contributed by atoms with Crippen LogP contribution in [0.5, 0.6) is 5.75 Å². The second-order valence-corrected chi connectivity index (χ2v) is 8.13. The first-order valence-corrected chi connectivity index (χ1v) is 10.6. The van der Waals surface area contributed by atoms with E-state index < -0.39 is 84.8 Å². The number of aliphatic hydroxyl groups is 5. The molecule has 0 unspecified atom stereocenters. The fraction of sp³-hybridized carbons (Fsp3) is 0.600. The van der Waals surface area contributed by atoms with Gasteiger partial charge in [0.15, 0.2) is 6.29 Å². The zero-order valence-electron chi connectivity index (χ0n) is 19.6. The Kier molecular flexibility index (Phi) is 11.2. The Bertz CT molecular complexity index is 951. The van der Waals surface area contributed by atoms with Gasteiger partial charge in [0.2, 0.25) is 12.2 Å². The molecule has 37 heavy (non-hydrogen) atoms. The van der Waals surface area contributed by atoms with Gasteiger partial charge in [-0.1, -0.05) is 0 Å². The Hall–Kier alpha value is -1.96. The molecule has 0 aliphatic carbocycles. The van der Waals surface area contributed by atoms with Crippen molar-refractivity contribution in [1.29, 1.82) is 0 Å². The summed E-state index contributed by atoms with van der Waals surface area (Å²) in [4.78, 5) is 33.5. The third-order valence-corrected chi connectivity index (χ3v) is 5.62. The number of rotatable bonds is 8. The summed E-state index contributed by atoms with van der Waals surface area (Å²) in [5.74, 6) is -2.63. The maximum absolute atomic E-state index is 11.8. The molecule has 0 spiro atoms. The number of nitro benzene ring substituents is 1. The fourth-order valence-corrected chi connectivity index (χ4v) is 3.80. The third kappa shape index (κ3) is 7.12. The standard InChI is InChI=1S/C20H26N2O14.Na/c1-7(24)21-11-13(26)12(25)10(6-23)34-19(11)35-16-14(27)15(28)20(36-17(16)18(29)30)33-9-4-2-8(3-5-9)22(31)32;/h2-5,10-17,19-20,23,25-28H,6H2,1H3,(H,21,24)(H,29,30);/q;+1/p-1/t10-,11-,12-,13-,14-,15-,16+,17+,19-,20-;/m1./s1. The Morgan fingerprint density at radius 3 is 2.16 bits per heavy atom. The number of carbonyl (C=O) groups excluding carboxylic acids is 2. The van der Waals surface area contributed by atoms with Gasteiger partial charge in [-0.15, -0.1) is 0 Å². The van der Waals surface area contributed by atoms with E-state index in [1.165, 1.54) is 0 Å². The van der Waals surface area contributed by atoms with Crippen LogP contribution in [0.3, 0.4) is 0 Å². The van der Waals surface area contributed by atoms with Gasteiger partial charge in [0.25, 0.3) is 5.69 Å². The van der Waals surface area contributed by atoms with E-state index in [9.17, 15) is 50.3 Å². The summed E-state index contributed by atoms with van der Waals surface area (Å²) < 4.78 is 21.4. The Morgan fingerprint density at radius 2 is 1.65 bits per heavy atom. The molecular weight excluding hydrogens is 515 g/mol. The third-order valence-electron chi connectivity index (χ3n) is 5.62. The molecule has 0 saturated carbocycles. The SMILES string of the molecule is CC(=O)N[C@H]1[C@@H](O[C@H]2[C@H](O)[C@@H](O)[C@H](Oc3ccc([N+](=O)[O-])cc3)O[C@@H]2C(=O)[O-])O[C@H](CO)[C@@H](O)[C@@H]1O.[Na+]. The average molecular weight is 540 g/mol. The number of amides is 1. The maximum Gasteiger partial charge on any atom is 1.00 e. The van der Waals surface area contributed by atoms with Crippen molar-refractivity contribution in [3.8, 4) is 5.75 Å². The second kappa shape index (κ2) is 13.2. The molecule has 0 bridgehead atoms. The van der Waals surface area contributed by atoms with Crippen LogP contribution >= 0.6 is 0 Å². The van der Waals surface area contributed by atoms with Crippen molar-refractivity contribution in [1.82, 2.24) is 5.32 Å². The van der Waals surface area contributed by atoms with E-state index >= 15 is 0 Å². The van der Waals surface area contributed by atoms with E-state index in [0.29, 0.717) is 0 Å². The molecule has 16 nitrogen and oxygen atoms in total. The van der Waals surface area contributed by atoms with Crippen molar-refractivity contribution < 1.29 is 93.7 Å². The van der Waals surface area contributed by atoms with Crippen LogP contribution in [0, 0.1) is 10.1 Å². The number of nitrogens with zero attached hydrogens (tertiary/aromatic N) is 1. The normalized spacial score (nSPS) is 35.6. The van der Waals surface area contributed by atoms with Crippen LogP contribution < -0.4 is 44.7 Å². The molecule has 2 aliphatic rings.